The average Bonchev–Trinajstić information content (AvgIpc) is 2.97. The van der Waals surface area contributed by atoms with Gasteiger partial charge in [-0.2, -0.15) is 0 Å². The summed E-state index contributed by atoms with van der Waals surface area (Å²) < 4.78 is 28.8. The van der Waals surface area contributed by atoms with E-state index >= 15 is 0 Å². The van der Waals surface area contributed by atoms with Crippen molar-refractivity contribution in [3.63, 3.8) is 0 Å². The molecule has 1 aliphatic rings. The van der Waals surface area contributed by atoms with Gasteiger partial charge in [0.05, 0.1) is 25.3 Å². The zero-order valence-corrected chi connectivity index (χ0v) is 15.6. The highest BCUT2D eigenvalue weighted by molar-refractivity contribution is 7.94. The third kappa shape index (κ3) is 4.14. The molecule has 0 saturated heterocycles. The van der Waals surface area contributed by atoms with Gasteiger partial charge in [0.2, 0.25) is 5.91 Å². The van der Waals surface area contributed by atoms with E-state index in [-0.39, 0.29) is 18.1 Å². The molecule has 0 radical (unpaired) electrons. The predicted octanol–water partition coefficient (Wildman–Crippen LogP) is 2.89. The Hall–Kier alpha value is -2.60. The van der Waals surface area contributed by atoms with E-state index < -0.39 is 15.9 Å². The molecule has 1 amide bonds. The van der Waals surface area contributed by atoms with Crippen LogP contribution in [0.5, 0.6) is 5.75 Å². The molecule has 0 bridgehead atoms. The number of rotatable bonds is 5. The Kier molecular flexibility index (Phi) is 5.13. The Morgan fingerprint density at radius 2 is 1.77 bits per heavy atom. The second kappa shape index (κ2) is 7.33. The van der Waals surface area contributed by atoms with Crippen LogP contribution in [0.25, 0.3) is 0 Å². The number of benzene rings is 2. The number of anilines is 1. The highest BCUT2D eigenvalue weighted by Crippen LogP contribution is 2.24. The number of methoxy groups -OCH3 is 1. The monoisotopic (exact) mass is 371 g/mol. The number of hydrogen-bond donors (Lipinski definition) is 0. The second-order valence-electron chi connectivity index (χ2n) is 6.35. The minimum atomic E-state index is -3.26. The van der Waals surface area contributed by atoms with Gasteiger partial charge >= 0.3 is 0 Å². The summed E-state index contributed by atoms with van der Waals surface area (Å²) in [5.41, 5.74) is 2.62. The molecule has 1 atom stereocenters. The zero-order chi connectivity index (χ0) is 18.7. The van der Waals surface area contributed by atoms with Gasteiger partial charge in [-0.25, -0.2) is 8.42 Å². The van der Waals surface area contributed by atoms with E-state index in [4.69, 9.17) is 4.74 Å². The lowest BCUT2D eigenvalue weighted by atomic mass is 10.1. The number of carbonyl (C=O) groups excluding carboxylic acids is 1. The van der Waals surface area contributed by atoms with Gasteiger partial charge in [0.1, 0.15) is 5.75 Å². The van der Waals surface area contributed by atoms with Crippen molar-refractivity contribution in [1.82, 2.24) is 0 Å². The number of amides is 1. The molecular formula is C20H21NO4S. The number of hydrogen-bond acceptors (Lipinski definition) is 4. The van der Waals surface area contributed by atoms with Gasteiger partial charge in [0.25, 0.3) is 0 Å². The third-order valence-electron chi connectivity index (χ3n) is 4.34. The van der Waals surface area contributed by atoms with Gasteiger partial charge in [-0.05, 0) is 42.8 Å². The molecule has 0 saturated carbocycles. The van der Waals surface area contributed by atoms with E-state index in [9.17, 15) is 13.2 Å². The van der Waals surface area contributed by atoms with Crippen molar-refractivity contribution in [2.75, 3.05) is 17.8 Å². The van der Waals surface area contributed by atoms with E-state index in [2.05, 4.69) is 0 Å². The maximum absolute atomic E-state index is 13.0. The van der Waals surface area contributed by atoms with Crippen LogP contribution in [0.2, 0.25) is 0 Å². The molecule has 3 rings (SSSR count). The lowest BCUT2D eigenvalue weighted by molar-refractivity contribution is -0.118. The molecule has 136 valence electrons. The summed E-state index contributed by atoms with van der Waals surface area (Å²) in [4.78, 5) is 14.6. The molecule has 0 N–H and O–H groups in total. The molecule has 6 heteroatoms. The SMILES string of the molecule is COc1ccc(CC(=O)N(c2ccc(C)cc2)[C@@H]2C=CS(=O)(=O)C2)cc1. The second-order valence-corrected chi connectivity index (χ2v) is 8.28. The molecule has 1 aliphatic heterocycles. The van der Waals surface area contributed by atoms with Crippen LogP contribution in [0.3, 0.4) is 0 Å². The van der Waals surface area contributed by atoms with Gasteiger partial charge in [-0.1, -0.05) is 29.8 Å². The molecule has 2 aromatic carbocycles. The summed E-state index contributed by atoms with van der Waals surface area (Å²) >= 11 is 0. The van der Waals surface area contributed by atoms with Gasteiger partial charge < -0.3 is 9.64 Å². The molecular weight excluding hydrogens is 350 g/mol. The Morgan fingerprint density at radius 3 is 2.31 bits per heavy atom. The minimum absolute atomic E-state index is 0.0881. The van der Waals surface area contributed by atoms with Crippen LogP contribution in [-0.4, -0.2) is 33.2 Å². The Balaban J connectivity index is 1.88. The van der Waals surface area contributed by atoms with E-state index in [0.29, 0.717) is 5.69 Å². The smallest absolute Gasteiger partial charge is 0.231 e. The van der Waals surface area contributed by atoms with Gasteiger partial charge in [0, 0.05) is 11.1 Å². The quantitative estimate of drug-likeness (QED) is 0.811. The number of nitrogens with zero attached hydrogens (tertiary/aromatic N) is 1. The summed E-state index contributed by atoms with van der Waals surface area (Å²) in [6.45, 7) is 1.97. The van der Waals surface area contributed by atoms with E-state index in [1.165, 1.54) is 5.41 Å². The Morgan fingerprint density at radius 1 is 1.12 bits per heavy atom. The van der Waals surface area contributed by atoms with Gasteiger partial charge in [-0.3, -0.25) is 4.79 Å². The summed E-state index contributed by atoms with van der Waals surface area (Å²) in [7, 11) is -1.67. The van der Waals surface area contributed by atoms with E-state index in [0.717, 1.165) is 16.9 Å². The molecule has 0 aliphatic carbocycles. The van der Waals surface area contributed by atoms with Crippen LogP contribution in [0.15, 0.2) is 60.0 Å². The molecule has 0 spiro atoms. The highest BCUT2D eigenvalue weighted by atomic mass is 32.2. The first-order valence-corrected chi connectivity index (χ1v) is 10.0. The Labute approximate surface area is 153 Å². The first-order chi connectivity index (χ1) is 12.4. The normalized spacial score (nSPS) is 17.8. The maximum Gasteiger partial charge on any atom is 0.231 e. The molecule has 0 fully saturated rings. The summed E-state index contributed by atoms with van der Waals surface area (Å²) in [6, 6.07) is 14.3. The third-order valence-corrected chi connectivity index (χ3v) is 5.72. The largest absolute Gasteiger partial charge is 0.497 e. The van der Waals surface area contributed by atoms with E-state index in [1.54, 1.807) is 30.2 Å². The topological polar surface area (TPSA) is 63.7 Å². The van der Waals surface area contributed by atoms with Crippen molar-refractivity contribution in [3.8, 4) is 5.75 Å². The molecule has 1 heterocycles. The first-order valence-electron chi connectivity index (χ1n) is 8.30. The summed E-state index contributed by atoms with van der Waals surface area (Å²) in [5, 5.41) is 1.19. The molecule has 2 aromatic rings. The summed E-state index contributed by atoms with van der Waals surface area (Å²) in [6.07, 6.45) is 1.77. The fourth-order valence-electron chi connectivity index (χ4n) is 2.95. The number of sulfone groups is 1. The van der Waals surface area contributed by atoms with Crippen molar-refractivity contribution >= 4 is 21.4 Å². The van der Waals surface area contributed by atoms with Crippen LogP contribution in [0, 0.1) is 6.92 Å². The predicted molar refractivity (Wildman–Crippen MR) is 102 cm³/mol. The molecule has 0 unspecified atom stereocenters. The van der Waals surface area contributed by atoms with Crippen molar-refractivity contribution in [2.45, 2.75) is 19.4 Å². The van der Waals surface area contributed by atoms with E-state index in [1.807, 2.05) is 43.3 Å². The average molecular weight is 371 g/mol. The molecule has 0 aromatic heterocycles. The van der Waals surface area contributed by atoms with Crippen molar-refractivity contribution in [3.05, 3.63) is 71.1 Å². The van der Waals surface area contributed by atoms with Crippen LogP contribution < -0.4 is 9.64 Å². The molecule has 26 heavy (non-hydrogen) atoms. The fraction of sp³-hybridized carbons (Fsp3) is 0.250. The van der Waals surface area contributed by atoms with Crippen LogP contribution >= 0.6 is 0 Å². The standard InChI is InChI=1S/C20H21NO4S/c1-15-3-7-17(8-4-15)21(18-11-12-26(23,24)14-18)20(22)13-16-5-9-19(25-2)10-6-16/h3-12,18H,13-14H2,1-2H3/t18-/m1/s1. The Bertz CT molecular complexity index is 915. The number of aryl methyl sites for hydroxylation is 1. The van der Waals surface area contributed by atoms with Crippen LogP contribution in [-0.2, 0) is 21.1 Å². The van der Waals surface area contributed by atoms with Crippen molar-refractivity contribution in [2.24, 2.45) is 0 Å². The van der Waals surface area contributed by atoms with Gasteiger partial charge in [-0.15, -0.1) is 0 Å². The maximum atomic E-state index is 13.0. The zero-order valence-electron chi connectivity index (χ0n) is 14.8. The summed E-state index contributed by atoms with van der Waals surface area (Å²) in [5.74, 6) is 0.488. The molecule has 5 nitrogen and oxygen atoms in total. The van der Waals surface area contributed by atoms with Crippen molar-refractivity contribution in [1.29, 1.82) is 0 Å². The van der Waals surface area contributed by atoms with Crippen LogP contribution in [0.4, 0.5) is 5.69 Å². The fourth-order valence-corrected chi connectivity index (χ4v) is 4.22. The lowest BCUT2D eigenvalue weighted by Gasteiger charge is -2.28. The van der Waals surface area contributed by atoms with Crippen molar-refractivity contribution < 1.29 is 17.9 Å². The lowest BCUT2D eigenvalue weighted by Crippen LogP contribution is -2.42. The highest BCUT2D eigenvalue weighted by Gasteiger charge is 2.31. The first kappa shape index (κ1) is 18.2. The number of carbonyl (C=O) groups is 1. The minimum Gasteiger partial charge on any atom is -0.497 e. The van der Waals surface area contributed by atoms with Gasteiger partial charge in [0.15, 0.2) is 9.84 Å². The van der Waals surface area contributed by atoms with Crippen LogP contribution in [0.1, 0.15) is 11.1 Å². The number of ether oxygens (including phenoxy) is 1.